The number of ether oxygens (including phenoxy) is 1. The second kappa shape index (κ2) is 5.80. The lowest BCUT2D eigenvalue weighted by Crippen LogP contribution is -2.04. The molecule has 0 N–H and O–H groups in total. The molecule has 0 fully saturated rings. The van der Waals surface area contributed by atoms with Crippen LogP contribution in [-0.4, -0.2) is 5.16 Å². The SMILES string of the molecule is Fc1cc(F)c(F)c(OCc2cc(-c3cccs3)on2)c1F. The lowest BCUT2D eigenvalue weighted by Gasteiger charge is -2.07. The monoisotopic (exact) mass is 329 g/mol. The van der Waals surface area contributed by atoms with E-state index in [1.807, 2.05) is 11.4 Å². The lowest BCUT2D eigenvalue weighted by molar-refractivity contribution is 0.252. The molecule has 0 aliphatic rings. The fourth-order valence-electron chi connectivity index (χ4n) is 1.74. The number of hydrogen-bond acceptors (Lipinski definition) is 4. The average Bonchev–Trinajstić information content (AvgIpc) is 3.16. The quantitative estimate of drug-likeness (QED) is 0.521. The summed E-state index contributed by atoms with van der Waals surface area (Å²) in [6, 6.07) is 5.25. The summed E-state index contributed by atoms with van der Waals surface area (Å²) in [6.45, 7) is -0.397. The van der Waals surface area contributed by atoms with Gasteiger partial charge in [0.25, 0.3) is 0 Å². The van der Waals surface area contributed by atoms with Gasteiger partial charge in [0, 0.05) is 12.1 Å². The van der Waals surface area contributed by atoms with Gasteiger partial charge in [0.2, 0.25) is 11.6 Å². The van der Waals surface area contributed by atoms with E-state index < -0.39 is 35.6 Å². The van der Waals surface area contributed by atoms with E-state index in [-0.39, 0.29) is 11.8 Å². The standard InChI is InChI=1S/C14H7F4NO2S/c15-8-5-9(16)13(18)14(12(8)17)20-6-7-4-10(21-19-7)11-2-1-3-22-11/h1-5H,6H2. The van der Waals surface area contributed by atoms with Gasteiger partial charge in [0.1, 0.15) is 12.3 Å². The van der Waals surface area contributed by atoms with Gasteiger partial charge in [-0.05, 0) is 11.4 Å². The Bertz CT molecular complexity index is 775. The first-order valence-corrected chi connectivity index (χ1v) is 6.89. The van der Waals surface area contributed by atoms with Gasteiger partial charge in [0.15, 0.2) is 23.1 Å². The summed E-state index contributed by atoms with van der Waals surface area (Å²) in [6.07, 6.45) is 0. The third kappa shape index (κ3) is 2.69. The van der Waals surface area contributed by atoms with Gasteiger partial charge in [-0.2, -0.15) is 8.78 Å². The highest BCUT2D eigenvalue weighted by atomic mass is 32.1. The van der Waals surface area contributed by atoms with Crippen molar-refractivity contribution in [3.8, 4) is 16.4 Å². The van der Waals surface area contributed by atoms with Crippen LogP contribution in [0.2, 0.25) is 0 Å². The molecule has 3 aromatic rings. The van der Waals surface area contributed by atoms with Crippen LogP contribution in [0, 0.1) is 23.3 Å². The van der Waals surface area contributed by atoms with Gasteiger partial charge in [-0.1, -0.05) is 11.2 Å². The Morgan fingerprint density at radius 2 is 1.82 bits per heavy atom. The first-order chi connectivity index (χ1) is 10.6. The van der Waals surface area contributed by atoms with E-state index in [1.54, 1.807) is 6.07 Å². The van der Waals surface area contributed by atoms with E-state index in [4.69, 9.17) is 9.26 Å². The van der Waals surface area contributed by atoms with E-state index in [1.165, 1.54) is 17.4 Å². The van der Waals surface area contributed by atoms with Crippen molar-refractivity contribution in [3.63, 3.8) is 0 Å². The molecule has 22 heavy (non-hydrogen) atoms. The molecule has 8 heteroatoms. The van der Waals surface area contributed by atoms with Crippen LogP contribution in [0.15, 0.2) is 34.2 Å². The van der Waals surface area contributed by atoms with Crippen LogP contribution in [0.25, 0.3) is 10.6 Å². The van der Waals surface area contributed by atoms with Crippen molar-refractivity contribution < 1.29 is 26.8 Å². The van der Waals surface area contributed by atoms with Crippen molar-refractivity contribution in [3.05, 3.63) is 58.6 Å². The molecule has 0 radical (unpaired) electrons. The number of rotatable bonds is 4. The normalized spacial score (nSPS) is 10.9. The topological polar surface area (TPSA) is 35.3 Å². The minimum Gasteiger partial charge on any atom is -0.481 e. The molecule has 0 saturated carbocycles. The Morgan fingerprint density at radius 1 is 1.09 bits per heavy atom. The summed E-state index contributed by atoms with van der Waals surface area (Å²) in [5, 5.41) is 5.51. The van der Waals surface area contributed by atoms with Crippen LogP contribution in [0.3, 0.4) is 0 Å². The van der Waals surface area contributed by atoms with Gasteiger partial charge in [0.05, 0.1) is 4.88 Å². The third-order valence-corrected chi connectivity index (χ3v) is 3.64. The molecule has 0 bridgehead atoms. The van der Waals surface area contributed by atoms with Crippen LogP contribution in [-0.2, 0) is 6.61 Å². The minimum atomic E-state index is -1.60. The Balaban J connectivity index is 1.79. The van der Waals surface area contributed by atoms with Gasteiger partial charge in [-0.3, -0.25) is 0 Å². The minimum absolute atomic E-state index is 0.114. The number of thiophene rings is 1. The molecule has 3 rings (SSSR count). The number of aromatic nitrogens is 1. The molecule has 0 aliphatic carbocycles. The van der Waals surface area contributed by atoms with Crippen molar-refractivity contribution in [1.82, 2.24) is 5.16 Å². The van der Waals surface area contributed by atoms with Crippen LogP contribution in [0.4, 0.5) is 17.6 Å². The average molecular weight is 329 g/mol. The van der Waals surface area contributed by atoms with Crippen molar-refractivity contribution in [2.75, 3.05) is 0 Å². The molecule has 114 valence electrons. The molecule has 1 aromatic carbocycles. The number of nitrogens with zero attached hydrogens (tertiary/aromatic N) is 1. The summed E-state index contributed by atoms with van der Waals surface area (Å²) in [7, 11) is 0. The van der Waals surface area contributed by atoms with E-state index in [2.05, 4.69) is 5.16 Å². The number of hydrogen-bond donors (Lipinski definition) is 0. The largest absolute Gasteiger partial charge is 0.481 e. The fraction of sp³-hybridized carbons (Fsp3) is 0.0714. The number of halogens is 4. The van der Waals surface area contributed by atoms with Gasteiger partial charge < -0.3 is 9.26 Å². The second-order valence-electron chi connectivity index (χ2n) is 4.25. The zero-order valence-electron chi connectivity index (χ0n) is 10.8. The Labute approximate surface area is 125 Å². The van der Waals surface area contributed by atoms with E-state index in [0.717, 1.165) is 4.88 Å². The summed E-state index contributed by atoms with van der Waals surface area (Å²) in [5.74, 6) is -6.93. The molecule has 3 nitrogen and oxygen atoms in total. The summed E-state index contributed by atoms with van der Waals surface area (Å²) >= 11 is 1.42. The maximum absolute atomic E-state index is 13.4. The summed E-state index contributed by atoms with van der Waals surface area (Å²) < 4.78 is 62.8. The van der Waals surface area contributed by atoms with Crippen molar-refractivity contribution in [2.24, 2.45) is 0 Å². The van der Waals surface area contributed by atoms with Gasteiger partial charge in [-0.25, -0.2) is 8.78 Å². The van der Waals surface area contributed by atoms with Crippen molar-refractivity contribution in [1.29, 1.82) is 0 Å². The van der Waals surface area contributed by atoms with E-state index in [0.29, 0.717) is 5.76 Å². The van der Waals surface area contributed by atoms with Gasteiger partial charge >= 0.3 is 0 Å². The smallest absolute Gasteiger partial charge is 0.203 e. The molecular formula is C14H7F4NO2S. The molecular weight excluding hydrogens is 322 g/mol. The van der Waals surface area contributed by atoms with E-state index >= 15 is 0 Å². The molecule has 2 heterocycles. The molecule has 0 aliphatic heterocycles. The maximum atomic E-state index is 13.4. The molecule has 0 saturated heterocycles. The molecule has 2 aromatic heterocycles. The highest BCUT2D eigenvalue weighted by Gasteiger charge is 2.21. The highest BCUT2D eigenvalue weighted by Crippen LogP contribution is 2.28. The first kappa shape index (κ1) is 14.6. The van der Waals surface area contributed by atoms with Gasteiger partial charge in [-0.15, -0.1) is 11.3 Å². The zero-order valence-corrected chi connectivity index (χ0v) is 11.6. The number of benzene rings is 1. The third-order valence-electron chi connectivity index (χ3n) is 2.76. The molecule has 0 unspecified atom stereocenters. The first-order valence-electron chi connectivity index (χ1n) is 6.01. The fourth-order valence-corrected chi connectivity index (χ4v) is 2.41. The predicted octanol–water partition coefficient (Wildman–Crippen LogP) is 4.54. The molecule has 0 atom stereocenters. The van der Waals surface area contributed by atoms with Crippen LogP contribution in [0.1, 0.15) is 5.69 Å². The van der Waals surface area contributed by atoms with E-state index in [9.17, 15) is 17.6 Å². The van der Waals surface area contributed by atoms with Crippen LogP contribution >= 0.6 is 11.3 Å². The summed E-state index contributed by atoms with van der Waals surface area (Å²) in [5.41, 5.74) is 0.229. The van der Waals surface area contributed by atoms with Crippen LogP contribution < -0.4 is 4.74 Å². The molecule has 0 spiro atoms. The molecule has 0 amide bonds. The Hall–Kier alpha value is -2.35. The van der Waals surface area contributed by atoms with Crippen molar-refractivity contribution >= 4 is 11.3 Å². The Kier molecular flexibility index (Phi) is 3.84. The van der Waals surface area contributed by atoms with Crippen molar-refractivity contribution in [2.45, 2.75) is 6.61 Å². The Morgan fingerprint density at radius 3 is 2.45 bits per heavy atom. The summed E-state index contributed by atoms with van der Waals surface area (Å²) in [4.78, 5) is 0.813. The zero-order chi connectivity index (χ0) is 15.7. The highest BCUT2D eigenvalue weighted by molar-refractivity contribution is 7.13. The predicted molar refractivity (Wildman–Crippen MR) is 70.4 cm³/mol. The maximum Gasteiger partial charge on any atom is 0.203 e. The van der Waals surface area contributed by atoms with Crippen LogP contribution in [0.5, 0.6) is 5.75 Å². The second-order valence-corrected chi connectivity index (χ2v) is 5.19. The lowest BCUT2D eigenvalue weighted by atomic mass is 10.3.